The highest BCUT2D eigenvalue weighted by molar-refractivity contribution is 5.99. The lowest BCUT2D eigenvalue weighted by molar-refractivity contribution is 0.134. The van der Waals surface area contributed by atoms with Crippen molar-refractivity contribution in [1.82, 2.24) is 4.57 Å². The number of furan rings is 1. The highest BCUT2D eigenvalue weighted by Gasteiger charge is 2.24. The standard InChI is InChI=1S/C25H19NO2/c1-2-6-17(7-3-1)14-26-22-9-5-4-8-18(22)12-23(26)25-20-10-11-28-24(20)13-19-15-27-16-21(19)25/h1-13H,14-16H2. The van der Waals surface area contributed by atoms with Gasteiger partial charge in [-0.3, -0.25) is 0 Å². The van der Waals surface area contributed by atoms with Crippen LogP contribution in [0.1, 0.15) is 16.7 Å². The Morgan fingerprint density at radius 2 is 1.71 bits per heavy atom. The molecule has 136 valence electrons. The maximum atomic E-state index is 5.80. The van der Waals surface area contributed by atoms with Gasteiger partial charge in [-0.1, -0.05) is 48.5 Å². The topological polar surface area (TPSA) is 27.3 Å². The molecule has 0 atom stereocenters. The molecule has 1 aliphatic heterocycles. The minimum atomic E-state index is 0.651. The zero-order valence-corrected chi connectivity index (χ0v) is 15.4. The Balaban J connectivity index is 1.67. The quantitative estimate of drug-likeness (QED) is 0.384. The molecule has 0 radical (unpaired) electrons. The largest absolute Gasteiger partial charge is 0.464 e. The van der Waals surface area contributed by atoms with Crippen LogP contribution in [0.4, 0.5) is 0 Å². The molecule has 3 nitrogen and oxygen atoms in total. The molecule has 3 heteroatoms. The van der Waals surface area contributed by atoms with E-state index in [2.05, 4.69) is 77.4 Å². The average Bonchev–Trinajstić information content (AvgIpc) is 3.46. The monoisotopic (exact) mass is 365 g/mol. The van der Waals surface area contributed by atoms with E-state index in [4.69, 9.17) is 9.15 Å². The second kappa shape index (κ2) is 6.11. The average molecular weight is 365 g/mol. The van der Waals surface area contributed by atoms with Crippen LogP contribution in [0.15, 0.2) is 83.5 Å². The molecule has 0 fully saturated rings. The van der Waals surface area contributed by atoms with Crippen LogP contribution >= 0.6 is 0 Å². The lowest BCUT2D eigenvalue weighted by atomic mass is 9.96. The van der Waals surface area contributed by atoms with Crippen LogP contribution in [0.2, 0.25) is 0 Å². The third-order valence-electron chi connectivity index (χ3n) is 5.71. The molecular weight excluding hydrogens is 346 g/mol. The normalized spacial score (nSPS) is 13.4. The summed E-state index contributed by atoms with van der Waals surface area (Å²) in [6.07, 6.45) is 1.79. The van der Waals surface area contributed by atoms with Crippen molar-refractivity contribution in [3.05, 3.63) is 95.7 Å². The molecule has 3 heterocycles. The Morgan fingerprint density at radius 1 is 0.857 bits per heavy atom. The Bertz CT molecular complexity index is 1310. The van der Waals surface area contributed by atoms with Crippen molar-refractivity contribution in [3.8, 4) is 11.3 Å². The molecule has 0 unspecified atom stereocenters. The van der Waals surface area contributed by atoms with Crippen LogP contribution in [-0.2, 0) is 24.5 Å². The number of fused-ring (bicyclic) bond motifs is 3. The summed E-state index contributed by atoms with van der Waals surface area (Å²) in [6.45, 7) is 2.13. The molecule has 0 amide bonds. The van der Waals surface area contributed by atoms with Crippen molar-refractivity contribution in [2.75, 3.05) is 0 Å². The number of benzene rings is 3. The molecule has 0 N–H and O–H groups in total. The van der Waals surface area contributed by atoms with E-state index in [0.29, 0.717) is 13.2 Å². The maximum Gasteiger partial charge on any atom is 0.134 e. The first-order chi connectivity index (χ1) is 13.9. The van der Waals surface area contributed by atoms with Gasteiger partial charge in [-0.25, -0.2) is 0 Å². The van der Waals surface area contributed by atoms with Gasteiger partial charge in [0.1, 0.15) is 5.58 Å². The number of aromatic nitrogens is 1. The van der Waals surface area contributed by atoms with E-state index in [-0.39, 0.29) is 0 Å². The second-order valence-corrected chi connectivity index (χ2v) is 7.37. The molecule has 5 aromatic rings. The summed E-state index contributed by atoms with van der Waals surface area (Å²) in [5, 5.41) is 2.41. The number of para-hydroxylation sites is 1. The van der Waals surface area contributed by atoms with Crippen LogP contribution in [0.3, 0.4) is 0 Å². The van der Waals surface area contributed by atoms with Crippen molar-refractivity contribution < 1.29 is 9.15 Å². The van der Waals surface area contributed by atoms with Crippen LogP contribution in [0.5, 0.6) is 0 Å². The van der Waals surface area contributed by atoms with E-state index in [1.807, 2.05) is 0 Å². The molecular formula is C25H19NO2. The predicted molar refractivity (Wildman–Crippen MR) is 111 cm³/mol. The maximum absolute atomic E-state index is 5.80. The van der Waals surface area contributed by atoms with Gasteiger partial charge in [0.25, 0.3) is 0 Å². The first-order valence-electron chi connectivity index (χ1n) is 9.61. The van der Waals surface area contributed by atoms with Crippen LogP contribution in [0, 0.1) is 0 Å². The van der Waals surface area contributed by atoms with Crippen molar-refractivity contribution >= 4 is 21.9 Å². The highest BCUT2D eigenvalue weighted by Crippen LogP contribution is 2.40. The number of hydrogen-bond acceptors (Lipinski definition) is 2. The molecule has 6 rings (SSSR count). The summed E-state index contributed by atoms with van der Waals surface area (Å²) in [5.74, 6) is 0. The first-order valence-corrected chi connectivity index (χ1v) is 9.61. The molecule has 28 heavy (non-hydrogen) atoms. The minimum absolute atomic E-state index is 0.651. The Hall–Kier alpha value is -3.30. The molecule has 0 saturated carbocycles. The Labute approximate surface area is 162 Å². The van der Waals surface area contributed by atoms with Crippen LogP contribution < -0.4 is 0 Å². The SMILES string of the molecule is c1ccc(Cn2c(-c3c4c(cc5occc35)COC4)cc3ccccc32)cc1. The molecule has 0 bridgehead atoms. The minimum Gasteiger partial charge on any atom is -0.464 e. The summed E-state index contributed by atoms with van der Waals surface area (Å²) in [6, 6.07) is 25.7. The molecule has 1 aliphatic rings. The zero-order chi connectivity index (χ0) is 18.5. The third kappa shape index (κ3) is 2.33. The lowest BCUT2D eigenvalue weighted by Crippen LogP contribution is -2.03. The smallest absolute Gasteiger partial charge is 0.134 e. The van der Waals surface area contributed by atoms with Gasteiger partial charge in [-0.2, -0.15) is 0 Å². The fourth-order valence-corrected chi connectivity index (χ4v) is 4.41. The van der Waals surface area contributed by atoms with Gasteiger partial charge >= 0.3 is 0 Å². The van der Waals surface area contributed by atoms with E-state index >= 15 is 0 Å². The van der Waals surface area contributed by atoms with Gasteiger partial charge in [0.2, 0.25) is 0 Å². The zero-order valence-electron chi connectivity index (χ0n) is 15.4. The van der Waals surface area contributed by atoms with Crippen LogP contribution in [-0.4, -0.2) is 4.57 Å². The van der Waals surface area contributed by atoms with Gasteiger partial charge in [0.15, 0.2) is 0 Å². The molecule has 0 spiro atoms. The summed E-state index contributed by atoms with van der Waals surface area (Å²) in [5.41, 5.74) is 8.44. The van der Waals surface area contributed by atoms with Crippen LogP contribution in [0.25, 0.3) is 33.1 Å². The van der Waals surface area contributed by atoms with Gasteiger partial charge in [-0.05, 0) is 41.0 Å². The Kier molecular flexibility index (Phi) is 3.43. The van der Waals surface area contributed by atoms with Gasteiger partial charge in [0.05, 0.1) is 25.2 Å². The number of hydrogen-bond donors (Lipinski definition) is 0. The lowest BCUT2D eigenvalue weighted by Gasteiger charge is -2.15. The summed E-state index contributed by atoms with van der Waals surface area (Å²) < 4.78 is 14.0. The van der Waals surface area contributed by atoms with E-state index in [1.165, 1.54) is 38.9 Å². The third-order valence-corrected chi connectivity index (χ3v) is 5.71. The fraction of sp³-hybridized carbons (Fsp3) is 0.120. The van der Waals surface area contributed by atoms with Crippen molar-refractivity contribution in [3.63, 3.8) is 0 Å². The summed E-state index contributed by atoms with van der Waals surface area (Å²) >= 11 is 0. The van der Waals surface area contributed by atoms with Gasteiger partial charge in [-0.15, -0.1) is 0 Å². The van der Waals surface area contributed by atoms with E-state index < -0.39 is 0 Å². The molecule has 0 aliphatic carbocycles. The van der Waals surface area contributed by atoms with Crippen molar-refractivity contribution in [2.45, 2.75) is 19.8 Å². The van der Waals surface area contributed by atoms with E-state index in [0.717, 1.165) is 17.5 Å². The van der Waals surface area contributed by atoms with Gasteiger partial charge in [0, 0.05) is 28.4 Å². The number of nitrogens with zero attached hydrogens (tertiary/aromatic N) is 1. The first kappa shape index (κ1) is 15.7. The number of ether oxygens (including phenoxy) is 1. The predicted octanol–water partition coefficient (Wildman–Crippen LogP) is 6.13. The summed E-state index contributed by atoms with van der Waals surface area (Å²) in [4.78, 5) is 0. The molecule has 0 saturated heterocycles. The summed E-state index contributed by atoms with van der Waals surface area (Å²) in [7, 11) is 0. The highest BCUT2D eigenvalue weighted by atomic mass is 16.5. The fourth-order valence-electron chi connectivity index (χ4n) is 4.41. The number of rotatable bonds is 3. The van der Waals surface area contributed by atoms with Gasteiger partial charge < -0.3 is 13.7 Å². The second-order valence-electron chi connectivity index (χ2n) is 7.37. The van der Waals surface area contributed by atoms with Crippen molar-refractivity contribution in [2.24, 2.45) is 0 Å². The molecule has 3 aromatic carbocycles. The van der Waals surface area contributed by atoms with Crippen molar-refractivity contribution in [1.29, 1.82) is 0 Å². The van der Waals surface area contributed by atoms with E-state index in [1.54, 1.807) is 6.26 Å². The molecule has 2 aromatic heterocycles. The Morgan fingerprint density at radius 3 is 2.64 bits per heavy atom. The van der Waals surface area contributed by atoms with E-state index in [9.17, 15) is 0 Å².